The van der Waals surface area contributed by atoms with E-state index < -0.39 is 19.7 Å². The molecule has 0 spiro atoms. The number of hydrogen-bond acceptors (Lipinski definition) is 2. The quantitative estimate of drug-likeness (QED) is 0.658. The van der Waals surface area contributed by atoms with Crippen molar-refractivity contribution >= 4 is 13.5 Å². The molecule has 1 amide bonds. The van der Waals surface area contributed by atoms with E-state index in [-0.39, 0.29) is 0 Å². The molecule has 0 aliphatic carbocycles. The van der Waals surface area contributed by atoms with E-state index in [9.17, 15) is 9.36 Å². The first-order valence-corrected chi connectivity index (χ1v) is 6.62. The smallest absolute Gasteiger partial charge is 0.334 e. The Bertz CT molecular complexity index is 387. The molecule has 0 fully saturated rings. The van der Waals surface area contributed by atoms with Crippen LogP contribution in [0.2, 0.25) is 0 Å². The van der Waals surface area contributed by atoms with Crippen LogP contribution in [-0.4, -0.2) is 28.4 Å². The van der Waals surface area contributed by atoms with Gasteiger partial charge in [-0.2, -0.15) is 0 Å². The molecule has 0 atom stereocenters. The molecule has 1 aromatic rings. The van der Waals surface area contributed by atoms with Crippen LogP contribution in [0, 0.1) is 0 Å². The molecule has 3 N–H and O–H groups in total. The van der Waals surface area contributed by atoms with Crippen LogP contribution in [0.25, 0.3) is 0 Å². The van der Waals surface area contributed by atoms with E-state index in [2.05, 4.69) is 5.32 Å². The Morgan fingerprint density at radius 1 is 1.25 bits per heavy atom. The van der Waals surface area contributed by atoms with Crippen LogP contribution in [0.1, 0.15) is 5.56 Å². The molecule has 0 aliphatic heterocycles. The molecule has 6 heteroatoms. The van der Waals surface area contributed by atoms with Gasteiger partial charge in [0.05, 0.1) is 0 Å². The van der Waals surface area contributed by atoms with Gasteiger partial charge in [-0.15, -0.1) is 0 Å². The number of amides is 1. The molecule has 0 heterocycles. The average molecular weight is 243 g/mol. The molecule has 1 aromatic carbocycles. The second-order valence-corrected chi connectivity index (χ2v) is 5.05. The third-order valence-electron chi connectivity index (χ3n) is 1.93. The highest BCUT2D eigenvalue weighted by atomic mass is 31.2. The summed E-state index contributed by atoms with van der Waals surface area (Å²) in [5.41, 5.74) is 1.07. The van der Waals surface area contributed by atoms with Gasteiger partial charge in [-0.05, 0) is 12.0 Å². The van der Waals surface area contributed by atoms with Gasteiger partial charge in [0.25, 0.3) is 0 Å². The van der Waals surface area contributed by atoms with Crippen molar-refractivity contribution in [1.29, 1.82) is 0 Å². The second-order valence-electron chi connectivity index (χ2n) is 3.41. The third-order valence-corrected chi connectivity index (χ3v) is 2.63. The lowest BCUT2D eigenvalue weighted by Gasteiger charge is -2.06. The largest absolute Gasteiger partial charge is 0.355 e. The molecular weight excluding hydrogens is 229 g/mol. The predicted octanol–water partition coefficient (Wildman–Crippen LogP) is 0.523. The van der Waals surface area contributed by atoms with Crippen LogP contribution >= 0.6 is 7.60 Å². The van der Waals surface area contributed by atoms with Crippen molar-refractivity contribution in [2.75, 3.05) is 12.7 Å². The van der Waals surface area contributed by atoms with Crippen LogP contribution in [0.3, 0.4) is 0 Å². The summed E-state index contributed by atoms with van der Waals surface area (Å²) < 4.78 is 10.5. The summed E-state index contributed by atoms with van der Waals surface area (Å²) in [6, 6.07) is 9.54. The van der Waals surface area contributed by atoms with Crippen molar-refractivity contribution in [3.8, 4) is 0 Å². The lowest BCUT2D eigenvalue weighted by atomic mass is 10.1. The minimum atomic E-state index is -4.25. The van der Waals surface area contributed by atoms with E-state index in [0.717, 1.165) is 5.56 Å². The minimum absolute atomic E-state index is 0.378. The van der Waals surface area contributed by atoms with Crippen LogP contribution in [0.15, 0.2) is 30.3 Å². The maximum Gasteiger partial charge on any atom is 0.334 e. The summed E-state index contributed by atoms with van der Waals surface area (Å²) in [5.74, 6) is -0.621. The Kier molecular flexibility index (Phi) is 4.68. The number of benzene rings is 1. The van der Waals surface area contributed by atoms with Gasteiger partial charge in [-0.1, -0.05) is 30.3 Å². The summed E-state index contributed by atoms with van der Waals surface area (Å²) in [5, 5.41) is 2.46. The Morgan fingerprint density at radius 2 is 1.88 bits per heavy atom. The summed E-state index contributed by atoms with van der Waals surface area (Å²) in [4.78, 5) is 28.2. The molecule has 0 aromatic heterocycles. The van der Waals surface area contributed by atoms with Gasteiger partial charge >= 0.3 is 7.60 Å². The van der Waals surface area contributed by atoms with E-state index in [0.29, 0.717) is 13.0 Å². The molecule has 5 nitrogen and oxygen atoms in total. The number of rotatable bonds is 5. The fraction of sp³-hybridized carbons (Fsp3) is 0.300. The van der Waals surface area contributed by atoms with Crippen LogP contribution in [0.4, 0.5) is 0 Å². The molecule has 0 unspecified atom stereocenters. The van der Waals surface area contributed by atoms with Gasteiger partial charge in [0.1, 0.15) is 6.16 Å². The van der Waals surface area contributed by atoms with Crippen LogP contribution < -0.4 is 5.32 Å². The van der Waals surface area contributed by atoms with E-state index in [1.807, 2.05) is 30.3 Å². The number of nitrogens with one attached hydrogen (secondary N) is 1. The lowest BCUT2D eigenvalue weighted by molar-refractivity contribution is -0.118. The molecule has 0 radical (unpaired) electrons. The summed E-state index contributed by atoms with van der Waals surface area (Å²) in [6.45, 7) is 0.378. The topological polar surface area (TPSA) is 86.6 Å². The van der Waals surface area contributed by atoms with Crippen molar-refractivity contribution in [3.63, 3.8) is 0 Å². The Labute approximate surface area is 93.7 Å². The fourth-order valence-electron chi connectivity index (χ4n) is 1.23. The average Bonchev–Trinajstić information content (AvgIpc) is 2.16. The zero-order chi connectivity index (χ0) is 12.0. The molecule has 16 heavy (non-hydrogen) atoms. The third kappa shape index (κ3) is 5.66. The van der Waals surface area contributed by atoms with Gasteiger partial charge in [0.2, 0.25) is 5.91 Å². The predicted molar refractivity (Wildman–Crippen MR) is 60.1 cm³/mol. The van der Waals surface area contributed by atoms with Crippen molar-refractivity contribution in [2.24, 2.45) is 0 Å². The summed E-state index contributed by atoms with van der Waals surface area (Å²) in [6.07, 6.45) is -0.102. The van der Waals surface area contributed by atoms with Crippen molar-refractivity contribution in [1.82, 2.24) is 5.32 Å². The highest BCUT2D eigenvalue weighted by molar-refractivity contribution is 7.52. The van der Waals surface area contributed by atoms with Crippen molar-refractivity contribution in [2.45, 2.75) is 6.42 Å². The van der Waals surface area contributed by atoms with Crippen molar-refractivity contribution in [3.05, 3.63) is 35.9 Å². The van der Waals surface area contributed by atoms with Gasteiger partial charge in [0, 0.05) is 6.54 Å². The van der Waals surface area contributed by atoms with E-state index in [1.165, 1.54) is 0 Å². The highest BCUT2D eigenvalue weighted by Gasteiger charge is 2.18. The Morgan fingerprint density at radius 3 is 2.44 bits per heavy atom. The van der Waals surface area contributed by atoms with Gasteiger partial charge < -0.3 is 15.1 Å². The van der Waals surface area contributed by atoms with Gasteiger partial charge in [0.15, 0.2) is 0 Å². The zero-order valence-electron chi connectivity index (χ0n) is 8.67. The van der Waals surface area contributed by atoms with Gasteiger partial charge in [-0.3, -0.25) is 9.36 Å². The molecule has 0 aliphatic rings. The first kappa shape index (κ1) is 12.9. The fourth-order valence-corrected chi connectivity index (χ4v) is 1.72. The van der Waals surface area contributed by atoms with Crippen LogP contribution in [-0.2, 0) is 15.8 Å². The Hall–Kier alpha value is -1.16. The highest BCUT2D eigenvalue weighted by Crippen LogP contribution is 2.33. The molecule has 0 bridgehead atoms. The number of hydrogen-bond donors (Lipinski definition) is 3. The minimum Gasteiger partial charge on any atom is -0.355 e. The number of carbonyl (C=O) groups is 1. The molecule has 1 rings (SSSR count). The maximum atomic E-state index is 11.0. The van der Waals surface area contributed by atoms with Crippen LogP contribution in [0.5, 0.6) is 0 Å². The van der Waals surface area contributed by atoms with Gasteiger partial charge in [-0.25, -0.2) is 0 Å². The summed E-state index contributed by atoms with van der Waals surface area (Å²) in [7, 11) is -4.25. The first-order chi connectivity index (χ1) is 7.47. The molecule has 0 saturated heterocycles. The molecule has 88 valence electrons. The standard InChI is InChI=1S/C10H14NO4P/c12-10(8-16(13,14)15)11-7-6-9-4-2-1-3-5-9/h1-5H,6-8H2,(H,11,12)(H2,13,14,15). The van der Waals surface area contributed by atoms with E-state index in [1.54, 1.807) is 0 Å². The lowest BCUT2D eigenvalue weighted by Crippen LogP contribution is -2.28. The molecular formula is C10H14NO4P. The Balaban J connectivity index is 2.26. The maximum absolute atomic E-state index is 11.0. The monoisotopic (exact) mass is 243 g/mol. The zero-order valence-corrected chi connectivity index (χ0v) is 9.56. The first-order valence-electron chi connectivity index (χ1n) is 4.82. The SMILES string of the molecule is O=C(CP(=O)(O)O)NCCc1ccccc1. The summed E-state index contributed by atoms with van der Waals surface area (Å²) >= 11 is 0. The number of carbonyl (C=O) groups excluding carboxylic acids is 1. The van der Waals surface area contributed by atoms with E-state index in [4.69, 9.17) is 9.79 Å². The molecule has 0 saturated carbocycles. The van der Waals surface area contributed by atoms with E-state index >= 15 is 0 Å². The normalized spacial score (nSPS) is 11.1. The van der Waals surface area contributed by atoms with Crippen molar-refractivity contribution < 1.29 is 19.1 Å². The second kappa shape index (κ2) is 5.80.